The van der Waals surface area contributed by atoms with Crippen LogP contribution in [0.2, 0.25) is 0 Å². The van der Waals surface area contributed by atoms with Crippen molar-refractivity contribution >= 4 is 35.5 Å². The molecule has 1 saturated heterocycles. The predicted octanol–water partition coefficient (Wildman–Crippen LogP) is 7.99. The summed E-state index contributed by atoms with van der Waals surface area (Å²) in [6, 6.07) is 0. The lowest BCUT2D eigenvalue weighted by atomic mass is 9.82. The fourth-order valence-corrected chi connectivity index (χ4v) is 8.15. The molecular weight excluding hydrogens is 537 g/mol. The van der Waals surface area contributed by atoms with E-state index in [1.807, 2.05) is 11.8 Å². The normalized spacial score (nSPS) is 27.9. The van der Waals surface area contributed by atoms with E-state index < -0.39 is 0 Å². The number of ether oxygens (including phenoxy) is 2. The van der Waals surface area contributed by atoms with E-state index in [2.05, 4.69) is 48.9 Å². The first-order chi connectivity index (χ1) is 19.6. The van der Waals surface area contributed by atoms with E-state index in [1.165, 1.54) is 43.9 Å². The van der Waals surface area contributed by atoms with Crippen molar-refractivity contribution in [3.05, 3.63) is 12.7 Å². The quantitative estimate of drug-likeness (QED) is 0.0944. The molecule has 0 radical (unpaired) electrons. The van der Waals surface area contributed by atoms with Crippen LogP contribution in [0.4, 0.5) is 0 Å². The number of unbranched alkanes of at least 4 members (excludes halogenated alkanes) is 4. The van der Waals surface area contributed by atoms with Gasteiger partial charge in [0, 0.05) is 23.2 Å². The summed E-state index contributed by atoms with van der Waals surface area (Å²) in [5.41, 5.74) is 0. The Kier molecular flexibility index (Phi) is 16.2. The van der Waals surface area contributed by atoms with E-state index in [0.29, 0.717) is 35.5 Å². The van der Waals surface area contributed by atoms with Crippen molar-refractivity contribution < 1.29 is 19.1 Å². The number of hydrogen-bond acceptors (Lipinski definition) is 6. The summed E-state index contributed by atoms with van der Waals surface area (Å²) in [6.45, 7) is 6.66. The van der Waals surface area contributed by atoms with Crippen LogP contribution in [0, 0.1) is 41.4 Å². The smallest absolute Gasteiger partial charge is 0.330 e. The molecule has 0 aromatic heterocycles. The highest BCUT2D eigenvalue weighted by Crippen LogP contribution is 2.35. The van der Waals surface area contributed by atoms with Crippen LogP contribution in [0.5, 0.6) is 0 Å². The van der Waals surface area contributed by atoms with Gasteiger partial charge in [0.15, 0.2) is 0 Å². The van der Waals surface area contributed by atoms with Crippen molar-refractivity contribution in [2.24, 2.45) is 17.8 Å². The molecule has 222 valence electrons. The van der Waals surface area contributed by atoms with Gasteiger partial charge in [0.25, 0.3) is 0 Å². The van der Waals surface area contributed by atoms with Crippen molar-refractivity contribution in [1.29, 1.82) is 0 Å². The van der Waals surface area contributed by atoms with Crippen LogP contribution in [0.25, 0.3) is 0 Å². The van der Waals surface area contributed by atoms with Crippen LogP contribution in [-0.2, 0) is 19.1 Å². The predicted molar refractivity (Wildman–Crippen MR) is 169 cm³/mol. The minimum atomic E-state index is -0.322. The molecule has 0 aromatic rings. The van der Waals surface area contributed by atoms with Gasteiger partial charge in [0.2, 0.25) is 0 Å². The Bertz CT molecular complexity index is 894. The average molecular weight is 587 g/mol. The molecule has 3 aliphatic rings. The van der Waals surface area contributed by atoms with Gasteiger partial charge in [-0.05, 0) is 95.6 Å². The second kappa shape index (κ2) is 19.6. The second-order valence-corrected chi connectivity index (χ2v) is 14.3. The van der Waals surface area contributed by atoms with E-state index in [4.69, 9.17) is 9.47 Å². The molecule has 1 heterocycles. The van der Waals surface area contributed by atoms with Gasteiger partial charge in [-0.25, -0.2) is 4.79 Å². The highest BCUT2D eigenvalue weighted by atomic mass is 32.2. The van der Waals surface area contributed by atoms with Crippen molar-refractivity contribution in [1.82, 2.24) is 0 Å². The molecule has 6 heteroatoms. The van der Waals surface area contributed by atoms with E-state index in [0.717, 1.165) is 75.9 Å². The maximum atomic E-state index is 12.3. The first-order valence-corrected chi connectivity index (χ1v) is 17.8. The molecule has 0 aromatic carbocycles. The van der Waals surface area contributed by atoms with Crippen molar-refractivity contribution in [2.75, 3.05) is 19.0 Å². The molecule has 0 N–H and O–H groups in total. The third kappa shape index (κ3) is 13.0. The Morgan fingerprint density at radius 1 is 0.775 bits per heavy atom. The van der Waals surface area contributed by atoms with E-state index >= 15 is 0 Å². The summed E-state index contributed by atoms with van der Waals surface area (Å²) in [6.07, 6.45) is 19.0. The number of rotatable bonds is 13. The van der Waals surface area contributed by atoms with Crippen LogP contribution in [0.15, 0.2) is 12.7 Å². The summed E-state index contributed by atoms with van der Waals surface area (Å²) >= 11 is 4.09. The Morgan fingerprint density at radius 2 is 1.38 bits per heavy atom. The monoisotopic (exact) mass is 586 g/mol. The lowest BCUT2D eigenvalue weighted by Crippen LogP contribution is -2.23. The lowest BCUT2D eigenvalue weighted by Gasteiger charge is -2.25. The molecule has 1 aliphatic heterocycles. The number of carbonyl (C=O) groups is 2. The molecular formula is C34H50O4S2. The zero-order valence-corrected chi connectivity index (χ0v) is 26.3. The fourth-order valence-electron chi connectivity index (χ4n) is 5.62. The number of thioether (sulfide) groups is 2. The highest BCUT2D eigenvalue weighted by molar-refractivity contribution is 8.01. The maximum Gasteiger partial charge on any atom is 0.330 e. The second-order valence-electron chi connectivity index (χ2n) is 11.5. The fraction of sp³-hybridized carbons (Fsp3) is 0.765. The molecule has 0 bridgehead atoms. The molecule has 2 unspecified atom stereocenters. The van der Waals surface area contributed by atoms with Gasteiger partial charge in [0.1, 0.15) is 0 Å². The summed E-state index contributed by atoms with van der Waals surface area (Å²) in [5, 5.41) is 1.64. The summed E-state index contributed by atoms with van der Waals surface area (Å²) in [7, 11) is 0. The Balaban J connectivity index is 1.23. The topological polar surface area (TPSA) is 52.6 Å². The maximum absolute atomic E-state index is 12.3. The minimum absolute atomic E-state index is 0.0138. The third-order valence-electron chi connectivity index (χ3n) is 8.20. The minimum Gasteiger partial charge on any atom is -0.465 e. The molecule has 0 amide bonds. The SMILES string of the molecule is C=CC(=O)OCCCCCSC1CCC(C#CC2CCC(C#CC3CCC(C(=O)OCCCCC)CC3)S2)CC1. The molecule has 2 aliphatic carbocycles. The van der Waals surface area contributed by atoms with Crippen LogP contribution in [-0.4, -0.2) is 46.7 Å². The Morgan fingerprint density at radius 3 is 2.00 bits per heavy atom. The van der Waals surface area contributed by atoms with E-state index in [1.54, 1.807) is 0 Å². The van der Waals surface area contributed by atoms with Gasteiger partial charge in [-0.15, -0.1) is 11.8 Å². The van der Waals surface area contributed by atoms with Crippen LogP contribution in [0.1, 0.15) is 110 Å². The van der Waals surface area contributed by atoms with Gasteiger partial charge in [-0.1, -0.05) is 50.0 Å². The standard InChI is InChI=1S/C34H50O4S2/c1-3-5-7-25-38-34(36)29-16-10-27(11-17-29)14-20-31-22-23-32(40-31)21-15-28-12-18-30(19-13-28)39-26-9-6-8-24-37-33(35)4-2/h4,27-32H,2-3,5-13,16-19,22-26H2,1H3. The molecule has 3 rings (SSSR count). The molecule has 4 nitrogen and oxygen atoms in total. The average Bonchev–Trinajstić information content (AvgIpc) is 3.45. The summed E-state index contributed by atoms with van der Waals surface area (Å²) < 4.78 is 10.5. The van der Waals surface area contributed by atoms with Gasteiger partial charge in [-0.3, -0.25) is 4.79 Å². The van der Waals surface area contributed by atoms with Crippen LogP contribution >= 0.6 is 23.5 Å². The summed E-state index contributed by atoms with van der Waals surface area (Å²) in [5.74, 6) is 16.3. The van der Waals surface area contributed by atoms with E-state index in [-0.39, 0.29) is 17.9 Å². The molecule has 2 atom stereocenters. The van der Waals surface area contributed by atoms with Crippen molar-refractivity contribution in [3.63, 3.8) is 0 Å². The third-order valence-corrected chi connectivity index (χ3v) is 11.0. The van der Waals surface area contributed by atoms with Gasteiger partial charge in [-0.2, -0.15) is 11.8 Å². The molecule has 3 fully saturated rings. The van der Waals surface area contributed by atoms with Crippen molar-refractivity contribution in [2.45, 2.75) is 125 Å². The van der Waals surface area contributed by atoms with Crippen LogP contribution in [0.3, 0.4) is 0 Å². The number of hydrogen-bond donors (Lipinski definition) is 0. The first-order valence-electron chi connectivity index (χ1n) is 15.8. The highest BCUT2D eigenvalue weighted by Gasteiger charge is 2.27. The lowest BCUT2D eigenvalue weighted by molar-refractivity contribution is -0.150. The van der Waals surface area contributed by atoms with Gasteiger partial charge in [0.05, 0.1) is 29.6 Å². The zero-order chi connectivity index (χ0) is 28.4. The van der Waals surface area contributed by atoms with Gasteiger partial charge < -0.3 is 9.47 Å². The molecule has 2 saturated carbocycles. The number of esters is 2. The zero-order valence-electron chi connectivity index (χ0n) is 24.6. The van der Waals surface area contributed by atoms with Gasteiger partial charge >= 0.3 is 11.9 Å². The van der Waals surface area contributed by atoms with E-state index in [9.17, 15) is 9.59 Å². The molecule has 40 heavy (non-hydrogen) atoms. The van der Waals surface area contributed by atoms with Crippen LogP contribution < -0.4 is 0 Å². The largest absolute Gasteiger partial charge is 0.465 e. The number of carbonyl (C=O) groups excluding carboxylic acids is 2. The van der Waals surface area contributed by atoms with Crippen molar-refractivity contribution in [3.8, 4) is 23.7 Å². The first kappa shape index (κ1) is 33.0. The Hall–Kier alpha value is -1.50. The molecule has 0 spiro atoms. The summed E-state index contributed by atoms with van der Waals surface area (Å²) in [4.78, 5) is 23.3. The Labute approximate surface area is 252 Å².